The van der Waals surface area contributed by atoms with Crippen LogP contribution in [0.5, 0.6) is 0 Å². The first-order valence-electron chi connectivity index (χ1n) is 7.00. The normalized spacial score (nSPS) is 32.8. The fourth-order valence-electron chi connectivity index (χ4n) is 2.81. The Labute approximate surface area is 107 Å². The van der Waals surface area contributed by atoms with Crippen LogP contribution in [0.2, 0.25) is 0 Å². The Hall–Kier alpha value is -0.940. The average molecular weight is 251 g/mol. The molecule has 2 saturated heterocycles. The van der Waals surface area contributed by atoms with E-state index >= 15 is 0 Å². The summed E-state index contributed by atoms with van der Waals surface area (Å²) in [6.45, 7) is 4.13. The lowest BCUT2D eigenvalue weighted by Gasteiger charge is -2.20. The molecule has 2 aliphatic heterocycles. The van der Waals surface area contributed by atoms with E-state index in [9.17, 15) is 0 Å². The number of nitrogens with one attached hydrogen (secondary N) is 1. The number of rotatable bonds is 3. The Morgan fingerprint density at radius 1 is 1.33 bits per heavy atom. The lowest BCUT2D eigenvalue weighted by atomic mass is 10.0. The van der Waals surface area contributed by atoms with Crippen molar-refractivity contribution in [2.75, 3.05) is 13.2 Å². The van der Waals surface area contributed by atoms with Gasteiger partial charge in [0.25, 0.3) is 0 Å². The van der Waals surface area contributed by atoms with Crippen LogP contribution in [0.1, 0.15) is 50.4 Å². The summed E-state index contributed by atoms with van der Waals surface area (Å²) in [5, 5.41) is 7.50. The van der Waals surface area contributed by atoms with Gasteiger partial charge in [0.1, 0.15) is 0 Å². The summed E-state index contributed by atoms with van der Waals surface area (Å²) in [5.41, 5.74) is 0. The van der Waals surface area contributed by atoms with Crippen LogP contribution >= 0.6 is 0 Å². The summed E-state index contributed by atoms with van der Waals surface area (Å²) in [4.78, 5) is 4.52. The molecule has 18 heavy (non-hydrogen) atoms. The summed E-state index contributed by atoms with van der Waals surface area (Å²) in [5.74, 6) is 2.10. The van der Waals surface area contributed by atoms with Crippen molar-refractivity contribution in [1.82, 2.24) is 15.5 Å². The van der Waals surface area contributed by atoms with Crippen molar-refractivity contribution in [3.8, 4) is 0 Å². The Morgan fingerprint density at radius 3 is 3.00 bits per heavy atom. The smallest absolute Gasteiger partial charge is 0.244 e. The maximum absolute atomic E-state index is 5.70. The van der Waals surface area contributed by atoms with E-state index in [0.717, 1.165) is 37.7 Å². The molecule has 100 valence electrons. The maximum Gasteiger partial charge on any atom is 0.244 e. The molecule has 0 aliphatic carbocycles. The zero-order chi connectivity index (χ0) is 12.4. The van der Waals surface area contributed by atoms with E-state index in [2.05, 4.69) is 22.4 Å². The van der Waals surface area contributed by atoms with E-state index in [1.54, 1.807) is 0 Å². The highest BCUT2D eigenvalue weighted by Crippen LogP contribution is 2.28. The third-order valence-electron chi connectivity index (χ3n) is 3.97. The van der Waals surface area contributed by atoms with Gasteiger partial charge in [-0.1, -0.05) is 12.1 Å². The monoisotopic (exact) mass is 251 g/mol. The average Bonchev–Trinajstić information content (AvgIpc) is 2.99. The van der Waals surface area contributed by atoms with Gasteiger partial charge in [0.05, 0.1) is 12.1 Å². The van der Waals surface area contributed by atoms with Crippen molar-refractivity contribution in [3.05, 3.63) is 11.7 Å². The van der Waals surface area contributed by atoms with Crippen LogP contribution in [0.4, 0.5) is 0 Å². The molecule has 1 aromatic heterocycles. The lowest BCUT2D eigenvalue weighted by Crippen LogP contribution is -2.22. The molecule has 5 heteroatoms. The van der Waals surface area contributed by atoms with Crippen molar-refractivity contribution in [3.63, 3.8) is 0 Å². The van der Waals surface area contributed by atoms with Gasteiger partial charge in [-0.15, -0.1) is 0 Å². The molecule has 0 radical (unpaired) electrons. The number of hydrogen-bond acceptors (Lipinski definition) is 5. The van der Waals surface area contributed by atoms with E-state index in [-0.39, 0.29) is 12.1 Å². The molecule has 1 N–H and O–H groups in total. The quantitative estimate of drug-likeness (QED) is 0.888. The molecule has 2 fully saturated rings. The fourth-order valence-corrected chi connectivity index (χ4v) is 2.81. The SMILES string of the molecule is CC1CCNC1c1nc(CC2CCCCO2)no1. The first-order valence-corrected chi connectivity index (χ1v) is 7.00. The summed E-state index contributed by atoms with van der Waals surface area (Å²) in [7, 11) is 0. The van der Waals surface area contributed by atoms with Gasteiger partial charge in [-0.25, -0.2) is 0 Å². The van der Waals surface area contributed by atoms with Gasteiger partial charge in [-0.05, 0) is 38.1 Å². The van der Waals surface area contributed by atoms with Gasteiger partial charge in [0.15, 0.2) is 5.82 Å². The largest absolute Gasteiger partial charge is 0.378 e. The Bertz CT molecular complexity index is 387. The highest BCUT2D eigenvalue weighted by atomic mass is 16.5. The molecular formula is C13H21N3O2. The minimum Gasteiger partial charge on any atom is -0.378 e. The Morgan fingerprint density at radius 2 is 2.28 bits per heavy atom. The van der Waals surface area contributed by atoms with Crippen molar-refractivity contribution >= 4 is 0 Å². The second kappa shape index (κ2) is 5.36. The van der Waals surface area contributed by atoms with Crippen LogP contribution < -0.4 is 5.32 Å². The van der Waals surface area contributed by atoms with Crippen molar-refractivity contribution < 1.29 is 9.26 Å². The molecule has 3 heterocycles. The van der Waals surface area contributed by atoms with Crippen LogP contribution in [-0.2, 0) is 11.2 Å². The molecule has 0 amide bonds. The van der Waals surface area contributed by atoms with Crippen molar-refractivity contribution in [1.29, 1.82) is 0 Å². The van der Waals surface area contributed by atoms with Crippen molar-refractivity contribution in [2.45, 2.75) is 51.2 Å². The van der Waals surface area contributed by atoms with Crippen LogP contribution in [0.15, 0.2) is 4.52 Å². The predicted octanol–water partition coefficient (Wildman–Crippen LogP) is 1.85. The van der Waals surface area contributed by atoms with E-state index < -0.39 is 0 Å². The molecule has 0 spiro atoms. The molecule has 3 rings (SSSR count). The summed E-state index contributed by atoms with van der Waals surface area (Å²) < 4.78 is 11.1. The van der Waals surface area contributed by atoms with Gasteiger partial charge in [-0.3, -0.25) is 0 Å². The van der Waals surface area contributed by atoms with Crippen LogP contribution in [0.25, 0.3) is 0 Å². The molecule has 5 nitrogen and oxygen atoms in total. The molecule has 0 saturated carbocycles. The van der Waals surface area contributed by atoms with E-state index in [4.69, 9.17) is 9.26 Å². The van der Waals surface area contributed by atoms with E-state index in [0.29, 0.717) is 5.92 Å². The Kier molecular flexibility index (Phi) is 3.61. The van der Waals surface area contributed by atoms with Crippen LogP contribution in [-0.4, -0.2) is 29.4 Å². The molecule has 0 aromatic carbocycles. The molecule has 2 aliphatic rings. The third kappa shape index (κ3) is 2.57. The maximum atomic E-state index is 5.70. The highest BCUT2D eigenvalue weighted by Gasteiger charge is 2.29. The number of nitrogens with zero attached hydrogens (tertiary/aromatic N) is 2. The minimum absolute atomic E-state index is 0.235. The van der Waals surface area contributed by atoms with Gasteiger partial charge in [-0.2, -0.15) is 4.98 Å². The second-order valence-electron chi connectivity index (χ2n) is 5.44. The van der Waals surface area contributed by atoms with Crippen molar-refractivity contribution in [2.24, 2.45) is 5.92 Å². The second-order valence-corrected chi connectivity index (χ2v) is 5.44. The fraction of sp³-hybridized carbons (Fsp3) is 0.846. The number of ether oxygens (including phenoxy) is 1. The van der Waals surface area contributed by atoms with Gasteiger partial charge < -0.3 is 14.6 Å². The predicted molar refractivity (Wildman–Crippen MR) is 66.1 cm³/mol. The molecule has 3 atom stereocenters. The van der Waals surface area contributed by atoms with E-state index in [1.807, 2.05) is 0 Å². The summed E-state index contributed by atoms with van der Waals surface area (Å²) in [6, 6.07) is 0.235. The van der Waals surface area contributed by atoms with Crippen LogP contribution in [0.3, 0.4) is 0 Å². The van der Waals surface area contributed by atoms with Gasteiger partial charge in [0.2, 0.25) is 5.89 Å². The highest BCUT2D eigenvalue weighted by molar-refractivity contribution is 4.98. The zero-order valence-corrected chi connectivity index (χ0v) is 10.9. The topological polar surface area (TPSA) is 60.2 Å². The number of aromatic nitrogens is 2. The molecule has 1 aromatic rings. The first kappa shape index (κ1) is 12.1. The third-order valence-corrected chi connectivity index (χ3v) is 3.97. The standard InChI is InChI=1S/C13H21N3O2/c1-9-5-6-14-12(9)13-15-11(16-18-13)8-10-4-2-3-7-17-10/h9-10,12,14H,2-8H2,1H3. The summed E-state index contributed by atoms with van der Waals surface area (Å²) >= 11 is 0. The molecular weight excluding hydrogens is 230 g/mol. The Balaban J connectivity index is 1.62. The first-order chi connectivity index (χ1) is 8.83. The minimum atomic E-state index is 0.235. The zero-order valence-electron chi connectivity index (χ0n) is 10.9. The summed E-state index contributed by atoms with van der Waals surface area (Å²) in [6.07, 6.45) is 5.77. The van der Waals surface area contributed by atoms with Gasteiger partial charge >= 0.3 is 0 Å². The van der Waals surface area contributed by atoms with Gasteiger partial charge in [0, 0.05) is 13.0 Å². The van der Waals surface area contributed by atoms with E-state index in [1.165, 1.54) is 19.3 Å². The molecule has 0 bridgehead atoms. The van der Waals surface area contributed by atoms with Crippen LogP contribution in [0, 0.1) is 5.92 Å². The lowest BCUT2D eigenvalue weighted by molar-refractivity contribution is 0.0153. The molecule has 3 unspecified atom stereocenters. The number of hydrogen-bond donors (Lipinski definition) is 1.